The van der Waals surface area contributed by atoms with Crippen LogP contribution in [-0.2, 0) is 0 Å². The number of aryl methyl sites for hydroxylation is 1. The number of benzene rings is 10. The number of furan rings is 2. The highest BCUT2D eigenvalue weighted by atomic mass is 16.3. The zero-order chi connectivity index (χ0) is 40.6. The first-order valence-corrected chi connectivity index (χ1v) is 20.9. The van der Waals surface area contributed by atoms with E-state index in [0.29, 0.717) is 0 Å². The van der Waals surface area contributed by atoms with E-state index >= 15 is 0 Å². The van der Waals surface area contributed by atoms with Crippen LogP contribution in [0.3, 0.4) is 0 Å². The van der Waals surface area contributed by atoms with Gasteiger partial charge in [-0.3, -0.25) is 0 Å². The van der Waals surface area contributed by atoms with Crippen LogP contribution in [0.2, 0.25) is 0 Å². The summed E-state index contributed by atoms with van der Waals surface area (Å²) in [6.07, 6.45) is 5.90. The molecule has 0 saturated heterocycles. The Morgan fingerprint density at radius 3 is 1.41 bits per heavy atom. The summed E-state index contributed by atoms with van der Waals surface area (Å²) < 4.78 is 12.7. The molecule has 0 saturated carbocycles. The van der Waals surface area contributed by atoms with E-state index in [9.17, 15) is 0 Å². The second-order valence-corrected chi connectivity index (χ2v) is 16.0. The molecule has 10 aromatic carbocycles. The van der Waals surface area contributed by atoms with Crippen molar-refractivity contribution < 1.29 is 8.83 Å². The molecule has 0 fully saturated rings. The third-order valence-corrected chi connectivity index (χ3v) is 12.6. The van der Waals surface area contributed by atoms with E-state index in [1.807, 2.05) is 12.2 Å². The molecule has 0 N–H and O–H groups in total. The van der Waals surface area contributed by atoms with E-state index < -0.39 is 0 Å². The van der Waals surface area contributed by atoms with Gasteiger partial charge in [0.25, 0.3) is 0 Å². The fourth-order valence-electron chi connectivity index (χ4n) is 9.77. The van der Waals surface area contributed by atoms with E-state index in [2.05, 4.69) is 202 Å². The van der Waals surface area contributed by atoms with Crippen LogP contribution in [0.5, 0.6) is 0 Å². The molecule has 0 atom stereocenters. The Morgan fingerprint density at radius 1 is 0.377 bits per heavy atom. The molecule has 0 aliphatic rings. The normalized spacial score (nSPS) is 12.0. The molecule has 286 valence electrons. The summed E-state index contributed by atoms with van der Waals surface area (Å²) in [4.78, 5) is 0. The minimum absolute atomic E-state index is 0.892. The average Bonchev–Trinajstić information content (AvgIpc) is 3.89. The molecular formula is C59H38O2. The summed E-state index contributed by atoms with van der Waals surface area (Å²) in [7, 11) is 0. The lowest BCUT2D eigenvalue weighted by molar-refractivity contribution is 0.668. The monoisotopic (exact) mass is 778 g/mol. The maximum atomic E-state index is 6.36. The topological polar surface area (TPSA) is 26.3 Å². The van der Waals surface area contributed by atoms with Gasteiger partial charge in [0.2, 0.25) is 0 Å². The van der Waals surface area contributed by atoms with E-state index in [4.69, 9.17) is 8.83 Å². The van der Waals surface area contributed by atoms with Gasteiger partial charge in [-0.1, -0.05) is 158 Å². The predicted octanol–water partition coefficient (Wildman–Crippen LogP) is 17.1. The van der Waals surface area contributed by atoms with Gasteiger partial charge in [-0.25, -0.2) is 0 Å². The van der Waals surface area contributed by atoms with Crippen molar-refractivity contribution in [3.05, 3.63) is 212 Å². The molecule has 2 heteroatoms. The zero-order valence-electron chi connectivity index (χ0n) is 33.6. The quantitative estimate of drug-likeness (QED) is 0.124. The highest BCUT2D eigenvalue weighted by molar-refractivity contribution is 6.22. The van der Waals surface area contributed by atoms with Crippen molar-refractivity contribution in [2.24, 2.45) is 0 Å². The number of fused-ring (bicyclic) bond motifs is 10. The molecule has 0 spiro atoms. The van der Waals surface area contributed by atoms with Gasteiger partial charge in [-0.15, -0.1) is 0 Å². The standard InChI is InChI=1S/C59H38O2/c1-3-4-13-37-24-30-54-56(36(37)2)50-34-41(26-28-52(50)60-54)39-15-11-17-43(32-39)57-46-20-7-9-22-48(46)58(49-23-10-8-21-47(49)57)44-18-12-16-40(33-44)42-27-29-53-51(35-42)59-45-19-6-5-14-38(45)25-31-55(59)61-53/h3-35H,1H2,2H3/b13-4-. The summed E-state index contributed by atoms with van der Waals surface area (Å²) in [6.45, 7) is 6.03. The van der Waals surface area contributed by atoms with Crippen molar-refractivity contribution in [2.45, 2.75) is 6.92 Å². The third kappa shape index (κ3) is 5.57. The van der Waals surface area contributed by atoms with Gasteiger partial charge in [0.15, 0.2) is 0 Å². The van der Waals surface area contributed by atoms with Crippen LogP contribution < -0.4 is 0 Å². The molecule has 0 aliphatic carbocycles. The second-order valence-electron chi connectivity index (χ2n) is 16.0. The summed E-state index contributed by atoms with van der Waals surface area (Å²) in [6, 6.07) is 66.0. The van der Waals surface area contributed by atoms with Crippen molar-refractivity contribution >= 4 is 82.3 Å². The van der Waals surface area contributed by atoms with Crippen molar-refractivity contribution in [3.63, 3.8) is 0 Å². The van der Waals surface area contributed by atoms with Crippen LogP contribution in [0.15, 0.2) is 210 Å². The fourth-order valence-corrected chi connectivity index (χ4v) is 9.77. The van der Waals surface area contributed by atoms with Crippen LogP contribution in [0.4, 0.5) is 0 Å². The Morgan fingerprint density at radius 2 is 0.836 bits per heavy atom. The first kappa shape index (κ1) is 35.0. The molecule has 0 radical (unpaired) electrons. The number of hydrogen-bond donors (Lipinski definition) is 0. The van der Waals surface area contributed by atoms with Crippen molar-refractivity contribution in [2.75, 3.05) is 0 Å². The van der Waals surface area contributed by atoms with Crippen molar-refractivity contribution in [1.82, 2.24) is 0 Å². The molecule has 12 aromatic rings. The highest BCUT2D eigenvalue weighted by Gasteiger charge is 2.19. The SMILES string of the molecule is C=C/C=C\c1ccc2oc3ccc(-c4cccc(-c5c6ccccc6c(-c6cccc(-c7ccc8oc9ccc%10ccccc%10c9c8c7)c6)c6ccccc56)c4)cc3c2c1C. The lowest BCUT2D eigenvalue weighted by Crippen LogP contribution is -1.91. The molecule has 2 aromatic heterocycles. The molecule has 2 nitrogen and oxygen atoms in total. The molecule has 0 bridgehead atoms. The minimum Gasteiger partial charge on any atom is -0.456 e. The number of rotatable bonds is 6. The van der Waals surface area contributed by atoms with Gasteiger partial charge < -0.3 is 8.83 Å². The molecule has 61 heavy (non-hydrogen) atoms. The van der Waals surface area contributed by atoms with Crippen LogP contribution in [0.25, 0.3) is 127 Å². The van der Waals surface area contributed by atoms with E-state index in [-0.39, 0.29) is 0 Å². The van der Waals surface area contributed by atoms with Gasteiger partial charge >= 0.3 is 0 Å². The maximum Gasteiger partial charge on any atom is 0.136 e. The van der Waals surface area contributed by atoms with Crippen LogP contribution in [-0.4, -0.2) is 0 Å². The zero-order valence-corrected chi connectivity index (χ0v) is 33.6. The Bertz CT molecular complexity index is 3740. The molecule has 0 amide bonds. The van der Waals surface area contributed by atoms with Crippen LogP contribution >= 0.6 is 0 Å². The third-order valence-electron chi connectivity index (χ3n) is 12.6. The van der Waals surface area contributed by atoms with Crippen LogP contribution in [0, 0.1) is 6.92 Å². The molecule has 2 heterocycles. The predicted molar refractivity (Wildman–Crippen MR) is 259 cm³/mol. The van der Waals surface area contributed by atoms with Gasteiger partial charge in [-0.2, -0.15) is 0 Å². The molecule has 12 rings (SSSR count). The molecular weight excluding hydrogens is 741 g/mol. The van der Waals surface area contributed by atoms with Gasteiger partial charge in [0.1, 0.15) is 22.3 Å². The smallest absolute Gasteiger partial charge is 0.136 e. The van der Waals surface area contributed by atoms with E-state index in [1.54, 1.807) is 0 Å². The second kappa shape index (κ2) is 13.8. The largest absolute Gasteiger partial charge is 0.456 e. The summed E-state index contributed by atoms with van der Waals surface area (Å²) in [5.41, 5.74) is 15.5. The van der Waals surface area contributed by atoms with Crippen molar-refractivity contribution in [3.8, 4) is 44.5 Å². The Kier molecular flexibility index (Phi) is 7.95. The van der Waals surface area contributed by atoms with Gasteiger partial charge in [0.05, 0.1) is 0 Å². The fraction of sp³-hybridized carbons (Fsp3) is 0.0169. The summed E-state index contributed by atoms with van der Waals surface area (Å²) in [5, 5.41) is 11.9. The first-order chi connectivity index (χ1) is 30.1. The van der Waals surface area contributed by atoms with E-state index in [1.165, 1.54) is 71.1 Å². The lowest BCUT2D eigenvalue weighted by Gasteiger charge is -2.18. The summed E-state index contributed by atoms with van der Waals surface area (Å²) in [5.74, 6) is 0. The maximum absolute atomic E-state index is 6.36. The summed E-state index contributed by atoms with van der Waals surface area (Å²) >= 11 is 0. The molecule has 0 aliphatic heterocycles. The van der Waals surface area contributed by atoms with E-state index in [0.717, 1.165) is 60.7 Å². The Balaban J connectivity index is 1.00. The first-order valence-electron chi connectivity index (χ1n) is 20.9. The van der Waals surface area contributed by atoms with Gasteiger partial charge in [0, 0.05) is 21.5 Å². The lowest BCUT2D eigenvalue weighted by atomic mass is 9.85. The number of hydrogen-bond acceptors (Lipinski definition) is 2. The average molecular weight is 779 g/mol. The minimum atomic E-state index is 0.892. The Hall–Kier alpha value is -7.94. The van der Waals surface area contributed by atoms with Crippen molar-refractivity contribution in [1.29, 1.82) is 0 Å². The Labute approximate surface area is 352 Å². The van der Waals surface area contributed by atoms with Crippen LogP contribution in [0.1, 0.15) is 11.1 Å². The number of allylic oxidation sites excluding steroid dienone is 2. The van der Waals surface area contributed by atoms with Gasteiger partial charge in [-0.05, 0) is 143 Å². The molecule has 0 unspecified atom stereocenters. The highest BCUT2D eigenvalue weighted by Crippen LogP contribution is 2.46.